The van der Waals surface area contributed by atoms with Crippen LogP contribution in [0.4, 0.5) is 5.69 Å². The van der Waals surface area contributed by atoms with Crippen LogP contribution in [0.3, 0.4) is 0 Å². The summed E-state index contributed by atoms with van der Waals surface area (Å²) in [4.78, 5) is 57.4. The van der Waals surface area contributed by atoms with E-state index in [-0.39, 0.29) is 17.3 Å². The lowest BCUT2D eigenvalue weighted by Gasteiger charge is -2.37. The van der Waals surface area contributed by atoms with Gasteiger partial charge in [-0.1, -0.05) is 78.4 Å². The molecule has 7 heteroatoms. The van der Waals surface area contributed by atoms with Crippen LogP contribution in [0.15, 0.2) is 103 Å². The van der Waals surface area contributed by atoms with Crippen LogP contribution in [-0.2, 0) is 4.79 Å². The summed E-state index contributed by atoms with van der Waals surface area (Å²) < 4.78 is 5.18. The SMILES string of the molecule is CC(=O)Oc1ccc(C(=O)[C@@H]2[C@H](c3cccc(Cl)c3)C3(C(=O)c4ccccc4C3=O)[C@H]3C=Cc4ccccc4N23)cc1. The minimum atomic E-state index is -1.60. The summed E-state index contributed by atoms with van der Waals surface area (Å²) in [5, 5.41) is 0.441. The van der Waals surface area contributed by atoms with E-state index in [0.717, 1.165) is 11.3 Å². The molecule has 0 amide bonds. The van der Waals surface area contributed by atoms with E-state index in [1.807, 2.05) is 47.4 Å². The number of ketones is 3. The number of carbonyl (C=O) groups is 4. The Morgan fingerprint density at radius 3 is 2.17 bits per heavy atom. The van der Waals surface area contributed by atoms with E-state index in [9.17, 15) is 19.2 Å². The van der Waals surface area contributed by atoms with Gasteiger partial charge in [0.25, 0.3) is 0 Å². The smallest absolute Gasteiger partial charge is 0.308 e. The molecule has 4 aromatic carbocycles. The third-order valence-corrected chi connectivity index (χ3v) is 8.82. The van der Waals surface area contributed by atoms with E-state index in [0.29, 0.717) is 33.0 Å². The quantitative estimate of drug-likeness (QED) is 0.119. The first kappa shape index (κ1) is 26.1. The zero-order valence-electron chi connectivity index (χ0n) is 22.5. The molecule has 3 atom stereocenters. The Morgan fingerprint density at radius 1 is 0.833 bits per heavy atom. The van der Waals surface area contributed by atoms with E-state index in [2.05, 4.69) is 0 Å². The molecule has 1 spiro atoms. The number of halogens is 1. The lowest BCUT2D eigenvalue weighted by molar-refractivity contribution is -0.131. The van der Waals surface area contributed by atoms with E-state index < -0.39 is 29.4 Å². The number of carbonyl (C=O) groups excluding carboxylic acids is 4. The van der Waals surface area contributed by atoms with Crippen LogP contribution in [0.2, 0.25) is 5.02 Å². The maximum Gasteiger partial charge on any atom is 0.308 e. The minimum absolute atomic E-state index is 0.266. The fourth-order valence-corrected chi connectivity index (χ4v) is 7.21. The number of Topliss-reactive ketones (excluding diaryl/α,β-unsaturated/α-hetero) is 3. The first-order valence-electron chi connectivity index (χ1n) is 13.6. The monoisotopic (exact) mass is 573 g/mol. The number of fused-ring (bicyclic) bond motifs is 5. The molecule has 6 nitrogen and oxygen atoms in total. The third kappa shape index (κ3) is 3.65. The Bertz CT molecular complexity index is 1810. The fourth-order valence-electron chi connectivity index (χ4n) is 7.01. The van der Waals surface area contributed by atoms with E-state index in [4.69, 9.17) is 16.3 Å². The van der Waals surface area contributed by atoms with Gasteiger partial charge < -0.3 is 9.64 Å². The molecule has 0 bridgehead atoms. The van der Waals surface area contributed by atoms with Gasteiger partial charge in [-0.2, -0.15) is 0 Å². The highest BCUT2D eigenvalue weighted by Crippen LogP contribution is 2.61. The standard InChI is InChI=1S/C35H24ClNO5/c1-20(38)42-25-16-13-22(14-17-25)32(39)31-30(23-8-6-9-24(36)19-23)35(33(40)26-10-3-4-11-27(26)34(35)41)29-18-15-21-7-2-5-12-28(21)37(29)31/h2-19,29-31H,1H3/t29-,30+,31+/m1/s1. The van der Waals surface area contributed by atoms with Crippen LogP contribution < -0.4 is 9.64 Å². The fraction of sp³-hybridized carbons (Fsp3) is 0.143. The van der Waals surface area contributed by atoms with Crippen molar-refractivity contribution < 1.29 is 23.9 Å². The molecule has 2 aliphatic heterocycles. The van der Waals surface area contributed by atoms with Gasteiger partial charge in [0, 0.05) is 40.2 Å². The Hall–Kier alpha value is -4.81. The molecule has 0 N–H and O–H groups in total. The second-order valence-corrected chi connectivity index (χ2v) is 11.2. The van der Waals surface area contributed by atoms with Gasteiger partial charge in [-0.25, -0.2) is 0 Å². The second-order valence-electron chi connectivity index (χ2n) is 10.8. The maximum atomic E-state index is 14.7. The van der Waals surface area contributed by atoms with E-state index >= 15 is 0 Å². The van der Waals surface area contributed by atoms with Crippen LogP contribution in [0.25, 0.3) is 6.08 Å². The molecule has 0 radical (unpaired) electrons. The Morgan fingerprint density at radius 2 is 1.50 bits per heavy atom. The maximum absolute atomic E-state index is 14.7. The highest BCUT2D eigenvalue weighted by molar-refractivity contribution is 6.33. The molecule has 7 rings (SSSR count). The van der Waals surface area contributed by atoms with Crippen LogP contribution in [0, 0.1) is 5.41 Å². The lowest BCUT2D eigenvalue weighted by atomic mass is 9.64. The van der Waals surface area contributed by atoms with Crippen molar-refractivity contribution in [3.8, 4) is 5.75 Å². The van der Waals surface area contributed by atoms with Crippen LogP contribution in [-0.4, -0.2) is 35.4 Å². The first-order valence-corrected chi connectivity index (χ1v) is 14.0. The van der Waals surface area contributed by atoms with Crippen LogP contribution in [0.1, 0.15) is 55.0 Å². The van der Waals surface area contributed by atoms with E-state index in [1.54, 1.807) is 66.7 Å². The third-order valence-electron chi connectivity index (χ3n) is 8.59. The molecule has 1 aliphatic carbocycles. The molecule has 1 fully saturated rings. The summed E-state index contributed by atoms with van der Waals surface area (Å²) in [6, 6.07) is 26.3. The van der Waals surface area contributed by atoms with Crippen molar-refractivity contribution in [1.82, 2.24) is 0 Å². The van der Waals surface area contributed by atoms with Gasteiger partial charge in [0.2, 0.25) is 0 Å². The predicted molar refractivity (Wildman–Crippen MR) is 159 cm³/mol. The lowest BCUT2D eigenvalue weighted by Crippen LogP contribution is -2.48. The average Bonchev–Trinajstić information content (AvgIpc) is 3.43. The first-order chi connectivity index (χ1) is 20.3. The number of benzene rings is 4. The summed E-state index contributed by atoms with van der Waals surface area (Å²) in [6.45, 7) is 1.31. The highest BCUT2D eigenvalue weighted by atomic mass is 35.5. The molecule has 3 aliphatic rings. The number of hydrogen-bond donors (Lipinski definition) is 0. The summed E-state index contributed by atoms with van der Waals surface area (Å²) in [7, 11) is 0. The number of anilines is 1. The minimum Gasteiger partial charge on any atom is -0.427 e. The predicted octanol–water partition coefficient (Wildman–Crippen LogP) is 6.58. The number of rotatable bonds is 4. The van der Waals surface area contributed by atoms with Crippen molar-refractivity contribution in [3.05, 3.63) is 136 Å². The van der Waals surface area contributed by atoms with Gasteiger partial charge in [0.05, 0.1) is 6.04 Å². The summed E-state index contributed by atoms with van der Waals surface area (Å²) >= 11 is 6.49. The Kier molecular flexibility index (Phi) is 5.99. The van der Waals surface area contributed by atoms with Crippen molar-refractivity contribution in [2.24, 2.45) is 5.41 Å². The van der Waals surface area contributed by atoms with Gasteiger partial charge in [-0.3, -0.25) is 19.2 Å². The average molecular weight is 574 g/mol. The molecule has 0 saturated carbocycles. The number of esters is 1. The topological polar surface area (TPSA) is 80.8 Å². The number of hydrogen-bond acceptors (Lipinski definition) is 6. The normalized spacial score (nSPS) is 21.2. The summed E-state index contributed by atoms with van der Waals surface area (Å²) in [6.07, 6.45) is 3.82. The van der Waals surface area contributed by atoms with Crippen molar-refractivity contribution in [2.45, 2.75) is 24.9 Å². The summed E-state index contributed by atoms with van der Waals surface area (Å²) in [5.41, 5.74) is 1.76. The zero-order chi connectivity index (χ0) is 29.2. The van der Waals surface area contributed by atoms with Crippen molar-refractivity contribution in [3.63, 3.8) is 0 Å². The molecule has 42 heavy (non-hydrogen) atoms. The van der Waals surface area contributed by atoms with Gasteiger partial charge in [-0.15, -0.1) is 0 Å². The zero-order valence-corrected chi connectivity index (χ0v) is 23.2. The number of ether oxygens (including phenoxy) is 1. The number of nitrogens with zero attached hydrogens (tertiary/aromatic N) is 1. The van der Waals surface area contributed by atoms with Crippen LogP contribution >= 0.6 is 11.6 Å². The molecule has 0 aromatic heterocycles. The molecule has 206 valence electrons. The van der Waals surface area contributed by atoms with Gasteiger partial charge in [-0.05, 0) is 53.6 Å². The van der Waals surface area contributed by atoms with Crippen LogP contribution in [0.5, 0.6) is 5.75 Å². The molecule has 1 saturated heterocycles. The molecular formula is C35H24ClNO5. The molecule has 4 aromatic rings. The number of para-hydroxylation sites is 1. The van der Waals surface area contributed by atoms with Crippen molar-refractivity contribution >= 4 is 46.7 Å². The largest absolute Gasteiger partial charge is 0.427 e. The molecule has 0 unspecified atom stereocenters. The molecule has 2 heterocycles. The second kappa shape index (κ2) is 9.64. The highest BCUT2D eigenvalue weighted by Gasteiger charge is 2.71. The van der Waals surface area contributed by atoms with Crippen molar-refractivity contribution in [2.75, 3.05) is 4.90 Å². The van der Waals surface area contributed by atoms with Crippen molar-refractivity contribution in [1.29, 1.82) is 0 Å². The van der Waals surface area contributed by atoms with Gasteiger partial charge in [0.15, 0.2) is 17.3 Å². The summed E-state index contributed by atoms with van der Waals surface area (Å²) in [5.74, 6) is -1.87. The van der Waals surface area contributed by atoms with Gasteiger partial charge >= 0.3 is 5.97 Å². The Balaban J connectivity index is 1.49. The van der Waals surface area contributed by atoms with Gasteiger partial charge in [0.1, 0.15) is 17.2 Å². The molecular weight excluding hydrogens is 550 g/mol. The van der Waals surface area contributed by atoms with E-state index in [1.165, 1.54) is 6.92 Å². The Labute approximate surface area is 247 Å².